The van der Waals surface area contributed by atoms with Crippen LogP contribution in [-0.2, 0) is 16.6 Å². The Balaban J connectivity index is 0.00000225. The standard InChI is InChI=1S/C14H17F2N5O2S.ClH/c15-14(16)10-20-9-12(7-19-20)24(22,23)21-5-4-18-8-13(21)11-2-1-3-17-6-11;/h1-3,6-7,9,13-14,18H,4-5,8,10H2;1H. The molecule has 0 amide bonds. The number of alkyl halides is 2. The number of nitrogens with one attached hydrogen (secondary N) is 1. The van der Waals surface area contributed by atoms with Crippen LogP contribution in [0.2, 0.25) is 0 Å². The fraction of sp³-hybridized carbons (Fsp3) is 0.429. The number of rotatable bonds is 5. The minimum atomic E-state index is -3.84. The van der Waals surface area contributed by atoms with Crippen LogP contribution in [-0.4, -0.2) is 53.5 Å². The molecule has 1 aliphatic rings. The largest absolute Gasteiger partial charge is 0.313 e. The van der Waals surface area contributed by atoms with Gasteiger partial charge in [0.1, 0.15) is 11.4 Å². The number of aromatic nitrogens is 3. The quantitative estimate of drug-likeness (QED) is 0.828. The van der Waals surface area contributed by atoms with Gasteiger partial charge < -0.3 is 5.32 Å². The molecule has 0 bridgehead atoms. The summed E-state index contributed by atoms with van der Waals surface area (Å²) in [6, 6.07) is 3.15. The number of hydrogen-bond donors (Lipinski definition) is 1. The van der Waals surface area contributed by atoms with Gasteiger partial charge in [0.05, 0.1) is 12.2 Å². The summed E-state index contributed by atoms with van der Waals surface area (Å²) in [6.45, 7) is 0.613. The minimum Gasteiger partial charge on any atom is -0.313 e. The summed E-state index contributed by atoms with van der Waals surface area (Å²) in [4.78, 5) is 3.95. The summed E-state index contributed by atoms with van der Waals surface area (Å²) in [6.07, 6.45) is 2.90. The summed E-state index contributed by atoms with van der Waals surface area (Å²) < 4.78 is 53.0. The zero-order chi connectivity index (χ0) is 17.2. The lowest BCUT2D eigenvalue weighted by molar-refractivity contribution is 0.121. The molecule has 25 heavy (non-hydrogen) atoms. The molecule has 2 aromatic heterocycles. The van der Waals surface area contributed by atoms with Crippen LogP contribution < -0.4 is 5.32 Å². The van der Waals surface area contributed by atoms with E-state index in [1.165, 1.54) is 4.31 Å². The molecule has 7 nitrogen and oxygen atoms in total. The van der Waals surface area contributed by atoms with Crippen molar-refractivity contribution in [1.82, 2.24) is 24.4 Å². The molecule has 0 spiro atoms. The van der Waals surface area contributed by atoms with E-state index in [4.69, 9.17) is 0 Å². The molecule has 3 rings (SSSR count). The second-order valence-corrected chi connectivity index (χ2v) is 7.30. The highest BCUT2D eigenvalue weighted by molar-refractivity contribution is 7.89. The second kappa shape index (κ2) is 8.17. The van der Waals surface area contributed by atoms with Gasteiger partial charge >= 0.3 is 0 Å². The van der Waals surface area contributed by atoms with Crippen LogP contribution >= 0.6 is 12.4 Å². The fourth-order valence-corrected chi connectivity index (χ4v) is 4.25. The summed E-state index contributed by atoms with van der Waals surface area (Å²) in [5.41, 5.74) is 0.772. The highest BCUT2D eigenvalue weighted by Crippen LogP contribution is 2.28. The third-order valence-electron chi connectivity index (χ3n) is 3.80. The van der Waals surface area contributed by atoms with Crippen molar-refractivity contribution in [3.63, 3.8) is 0 Å². The molecule has 0 aromatic carbocycles. The number of piperazine rings is 1. The van der Waals surface area contributed by atoms with Crippen LogP contribution in [0.25, 0.3) is 0 Å². The Morgan fingerprint density at radius 2 is 2.16 bits per heavy atom. The van der Waals surface area contributed by atoms with Gasteiger partial charge in [0, 0.05) is 38.2 Å². The molecule has 1 unspecified atom stereocenters. The third kappa shape index (κ3) is 4.32. The zero-order valence-electron chi connectivity index (χ0n) is 13.1. The Bertz CT molecular complexity index is 788. The summed E-state index contributed by atoms with van der Waals surface area (Å²) >= 11 is 0. The van der Waals surface area contributed by atoms with Gasteiger partial charge in [0.15, 0.2) is 0 Å². The molecule has 0 radical (unpaired) electrons. The molecule has 1 N–H and O–H groups in total. The SMILES string of the molecule is Cl.O=S(=O)(c1cnn(CC(F)F)c1)N1CCNCC1c1cccnc1. The van der Waals surface area contributed by atoms with Crippen LogP contribution in [0.3, 0.4) is 0 Å². The van der Waals surface area contributed by atoms with E-state index in [0.29, 0.717) is 13.1 Å². The van der Waals surface area contributed by atoms with Gasteiger partial charge in [-0.1, -0.05) is 6.07 Å². The number of halogens is 3. The van der Waals surface area contributed by atoms with Crippen molar-refractivity contribution in [2.45, 2.75) is 23.9 Å². The van der Waals surface area contributed by atoms with Crippen molar-refractivity contribution in [2.24, 2.45) is 0 Å². The van der Waals surface area contributed by atoms with E-state index >= 15 is 0 Å². The number of pyridine rings is 1. The van der Waals surface area contributed by atoms with Crippen molar-refractivity contribution in [3.05, 3.63) is 42.5 Å². The summed E-state index contributed by atoms with van der Waals surface area (Å²) in [5.74, 6) is 0. The van der Waals surface area contributed by atoms with Crippen molar-refractivity contribution >= 4 is 22.4 Å². The van der Waals surface area contributed by atoms with Crippen molar-refractivity contribution < 1.29 is 17.2 Å². The molecule has 2 aromatic rings. The Morgan fingerprint density at radius 1 is 1.36 bits per heavy atom. The maximum atomic E-state index is 12.9. The van der Waals surface area contributed by atoms with Crippen LogP contribution in [0, 0.1) is 0 Å². The topological polar surface area (TPSA) is 80.1 Å². The predicted octanol–water partition coefficient (Wildman–Crippen LogP) is 1.30. The molecule has 138 valence electrons. The van der Waals surface area contributed by atoms with Crippen molar-refractivity contribution in [3.8, 4) is 0 Å². The number of hydrogen-bond acceptors (Lipinski definition) is 5. The maximum absolute atomic E-state index is 12.9. The smallest absolute Gasteiger partial charge is 0.257 e. The third-order valence-corrected chi connectivity index (χ3v) is 5.67. The first-order chi connectivity index (χ1) is 11.5. The van der Waals surface area contributed by atoms with Gasteiger partial charge in [-0.25, -0.2) is 17.2 Å². The van der Waals surface area contributed by atoms with E-state index in [1.54, 1.807) is 18.5 Å². The van der Waals surface area contributed by atoms with Gasteiger partial charge in [0.2, 0.25) is 10.0 Å². The number of nitrogens with zero attached hydrogens (tertiary/aromatic N) is 4. The first-order valence-corrected chi connectivity index (χ1v) is 8.85. The molecule has 1 aliphatic heterocycles. The molecule has 0 saturated carbocycles. The maximum Gasteiger partial charge on any atom is 0.257 e. The molecule has 3 heterocycles. The minimum absolute atomic E-state index is 0. The molecular weight excluding hydrogens is 376 g/mol. The summed E-state index contributed by atoms with van der Waals surface area (Å²) in [7, 11) is -3.84. The Morgan fingerprint density at radius 3 is 2.84 bits per heavy atom. The van der Waals surface area contributed by atoms with Crippen LogP contribution in [0.15, 0.2) is 41.8 Å². The van der Waals surface area contributed by atoms with E-state index < -0.39 is 29.0 Å². The molecule has 1 atom stereocenters. The average Bonchev–Trinajstić information content (AvgIpc) is 3.04. The van der Waals surface area contributed by atoms with Gasteiger partial charge in [-0.05, 0) is 11.6 Å². The Kier molecular flexibility index (Phi) is 6.44. The lowest BCUT2D eigenvalue weighted by atomic mass is 10.1. The molecule has 1 saturated heterocycles. The van der Waals surface area contributed by atoms with Crippen LogP contribution in [0.4, 0.5) is 8.78 Å². The van der Waals surface area contributed by atoms with Crippen molar-refractivity contribution in [2.75, 3.05) is 19.6 Å². The first kappa shape index (κ1) is 19.7. The van der Waals surface area contributed by atoms with Gasteiger partial charge in [-0.15, -0.1) is 12.4 Å². The second-order valence-electron chi connectivity index (χ2n) is 5.41. The number of sulfonamides is 1. The van der Waals surface area contributed by atoms with Gasteiger partial charge in [-0.3, -0.25) is 9.67 Å². The highest BCUT2D eigenvalue weighted by Gasteiger charge is 2.35. The first-order valence-electron chi connectivity index (χ1n) is 7.41. The van der Waals surface area contributed by atoms with Crippen LogP contribution in [0.5, 0.6) is 0 Å². The highest BCUT2D eigenvalue weighted by atomic mass is 35.5. The monoisotopic (exact) mass is 393 g/mol. The van der Waals surface area contributed by atoms with Crippen molar-refractivity contribution in [1.29, 1.82) is 0 Å². The molecule has 0 aliphatic carbocycles. The Labute approximate surface area is 150 Å². The zero-order valence-corrected chi connectivity index (χ0v) is 14.8. The molecular formula is C14H18ClF2N5O2S. The van der Waals surface area contributed by atoms with E-state index in [1.807, 2.05) is 6.07 Å². The van der Waals surface area contributed by atoms with E-state index in [0.717, 1.165) is 22.6 Å². The molecule has 1 fully saturated rings. The molecule has 11 heteroatoms. The van der Waals surface area contributed by atoms with E-state index in [-0.39, 0.29) is 23.8 Å². The van der Waals surface area contributed by atoms with Gasteiger partial charge in [-0.2, -0.15) is 9.40 Å². The lowest BCUT2D eigenvalue weighted by Crippen LogP contribution is -2.48. The normalized spacial score (nSPS) is 18.9. The lowest BCUT2D eigenvalue weighted by Gasteiger charge is -2.34. The van der Waals surface area contributed by atoms with Gasteiger partial charge in [0.25, 0.3) is 6.43 Å². The van der Waals surface area contributed by atoms with E-state index in [9.17, 15) is 17.2 Å². The van der Waals surface area contributed by atoms with Crippen LogP contribution in [0.1, 0.15) is 11.6 Å². The van der Waals surface area contributed by atoms with E-state index in [2.05, 4.69) is 15.4 Å². The Hall–Kier alpha value is -1.62. The predicted molar refractivity (Wildman–Crippen MR) is 89.2 cm³/mol. The average molecular weight is 394 g/mol. The summed E-state index contributed by atoms with van der Waals surface area (Å²) in [5, 5.41) is 6.88. The fourth-order valence-electron chi connectivity index (χ4n) is 2.69.